The normalized spacial score (nSPS) is 11.0. The lowest BCUT2D eigenvalue weighted by atomic mass is 10.1. The minimum absolute atomic E-state index is 0.141. The number of hydrogen-bond acceptors (Lipinski definition) is 5. The average molecular weight is 287 g/mol. The van der Waals surface area contributed by atoms with Gasteiger partial charge in [0.15, 0.2) is 0 Å². The average Bonchev–Trinajstić information content (AvgIpc) is 2.93. The molecule has 3 aromatic heterocycles. The quantitative estimate of drug-likeness (QED) is 0.659. The number of furan rings is 1. The zero-order chi connectivity index (χ0) is 15.1. The van der Waals surface area contributed by atoms with Gasteiger partial charge in [-0.1, -0.05) is 0 Å². The summed E-state index contributed by atoms with van der Waals surface area (Å²) in [5.74, 6) is -0.0946. The van der Waals surface area contributed by atoms with Gasteiger partial charge in [-0.2, -0.15) is 5.10 Å². The standard InChI is InChI=1S/C13H13N5O3/c1-5-10(6(2)18-17-5)16-12(20)8-7(3)21-13-9(8)11(19)14-4-15-13/h4H,1-3H3,(H,16,20)(H,17,18)(H,14,15,19). The van der Waals surface area contributed by atoms with Crippen molar-refractivity contribution in [3.05, 3.63) is 39.4 Å². The number of nitrogens with one attached hydrogen (secondary N) is 3. The minimum atomic E-state index is -0.433. The minimum Gasteiger partial charge on any atom is -0.442 e. The number of carbonyl (C=O) groups is 1. The van der Waals surface area contributed by atoms with Crippen molar-refractivity contribution in [3.8, 4) is 0 Å². The van der Waals surface area contributed by atoms with Crippen LogP contribution >= 0.6 is 0 Å². The Labute approximate surface area is 118 Å². The van der Waals surface area contributed by atoms with Gasteiger partial charge >= 0.3 is 0 Å². The van der Waals surface area contributed by atoms with Crippen molar-refractivity contribution < 1.29 is 9.21 Å². The highest BCUT2D eigenvalue weighted by Crippen LogP contribution is 2.23. The predicted molar refractivity (Wildman–Crippen MR) is 75.4 cm³/mol. The molecule has 0 aliphatic heterocycles. The molecule has 0 saturated carbocycles. The van der Waals surface area contributed by atoms with Gasteiger partial charge in [0, 0.05) is 0 Å². The predicted octanol–water partition coefficient (Wildman–Crippen LogP) is 1.42. The Morgan fingerprint density at radius 1 is 1.33 bits per heavy atom. The fraction of sp³-hybridized carbons (Fsp3) is 0.231. The molecule has 0 spiro atoms. The van der Waals surface area contributed by atoms with Crippen LogP contribution in [-0.2, 0) is 0 Å². The maximum atomic E-state index is 12.5. The fourth-order valence-corrected chi connectivity index (χ4v) is 2.24. The maximum Gasteiger partial charge on any atom is 0.262 e. The topological polar surface area (TPSA) is 117 Å². The lowest BCUT2D eigenvalue weighted by Crippen LogP contribution is -2.17. The lowest BCUT2D eigenvalue weighted by molar-refractivity contribution is 0.102. The highest BCUT2D eigenvalue weighted by Gasteiger charge is 2.23. The van der Waals surface area contributed by atoms with E-state index >= 15 is 0 Å². The maximum absolute atomic E-state index is 12.5. The number of H-pyrrole nitrogens is 2. The number of hydrogen-bond donors (Lipinski definition) is 3. The highest BCUT2D eigenvalue weighted by atomic mass is 16.3. The van der Waals surface area contributed by atoms with Crippen LogP contribution in [-0.4, -0.2) is 26.1 Å². The molecule has 0 aliphatic carbocycles. The SMILES string of the molecule is Cc1n[nH]c(C)c1NC(=O)c1c(C)oc2nc[nH]c(=O)c12. The summed E-state index contributed by atoms with van der Waals surface area (Å²) in [4.78, 5) is 30.7. The molecule has 3 rings (SSSR count). The second-order valence-electron chi connectivity index (χ2n) is 4.71. The Morgan fingerprint density at radius 2 is 2.10 bits per heavy atom. The summed E-state index contributed by atoms with van der Waals surface area (Å²) < 4.78 is 5.37. The van der Waals surface area contributed by atoms with Gasteiger partial charge in [-0.3, -0.25) is 14.7 Å². The van der Waals surface area contributed by atoms with Crippen molar-refractivity contribution >= 4 is 22.7 Å². The molecule has 0 bridgehead atoms. The van der Waals surface area contributed by atoms with Gasteiger partial charge < -0.3 is 14.7 Å². The van der Waals surface area contributed by atoms with Crippen LogP contribution < -0.4 is 10.9 Å². The zero-order valence-electron chi connectivity index (χ0n) is 11.7. The lowest BCUT2D eigenvalue weighted by Gasteiger charge is -2.04. The van der Waals surface area contributed by atoms with Crippen LogP contribution in [0.3, 0.4) is 0 Å². The molecule has 0 fully saturated rings. The summed E-state index contributed by atoms with van der Waals surface area (Å²) >= 11 is 0. The third kappa shape index (κ3) is 2.00. The van der Waals surface area contributed by atoms with E-state index < -0.39 is 11.5 Å². The molecule has 1 amide bonds. The number of aromatic amines is 2. The Morgan fingerprint density at radius 3 is 2.76 bits per heavy atom. The molecule has 0 atom stereocenters. The van der Waals surface area contributed by atoms with Gasteiger partial charge in [0.2, 0.25) is 5.71 Å². The molecule has 3 N–H and O–H groups in total. The molecule has 108 valence electrons. The number of aryl methyl sites for hydroxylation is 3. The van der Waals surface area contributed by atoms with Gasteiger partial charge in [0.25, 0.3) is 11.5 Å². The van der Waals surface area contributed by atoms with Crippen molar-refractivity contribution in [2.24, 2.45) is 0 Å². The van der Waals surface area contributed by atoms with E-state index in [4.69, 9.17) is 4.42 Å². The summed E-state index contributed by atoms with van der Waals surface area (Å²) in [5.41, 5.74) is 1.90. The van der Waals surface area contributed by atoms with Gasteiger partial charge in [0.05, 0.1) is 29.0 Å². The smallest absolute Gasteiger partial charge is 0.262 e. The molecular weight excluding hydrogens is 274 g/mol. The van der Waals surface area contributed by atoms with E-state index in [1.807, 2.05) is 0 Å². The molecule has 3 heterocycles. The van der Waals surface area contributed by atoms with Gasteiger partial charge in [-0.15, -0.1) is 0 Å². The van der Waals surface area contributed by atoms with Crippen molar-refractivity contribution in [1.29, 1.82) is 0 Å². The van der Waals surface area contributed by atoms with Crippen molar-refractivity contribution in [2.45, 2.75) is 20.8 Å². The van der Waals surface area contributed by atoms with E-state index in [1.54, 1.807) is 20.8 Å². The van der Waals surface area contributed by atoms with Crippen LogP contribution in [0.5, 0.6) is 0 Å². The van der Waals surface area contributed by atoms with E-state index in [9.17, 15) is 9.59 Å². The summed E-state index contributed by atoms with van der Waals surface area (Å²) in [5, 5.41) is 9.68. The number of anilines is 1. The number of amides is 1. The van der Waals surface area contributed by atoms with Crippen LogP contribution in [0.2, 0.25) is 0 Å². The molecule has 8 nitrogen and oxygen atoms in total. The second-order valence-corrected chi connectivity index (χ2v) is 4.71. The molecule has 0 radical (unpaired) electrons. The summed E-state index contributed by atoms with van der Waals surface area (Å²) in [6, 6.07) is 0. The molecule has 0 saturated heterocycles. The van der Waals surface area contributed by atoms with Crippen LogP contribution in [0.15, 0.2) is 15.5 Å². The summed E-state index contributed by atoms with van der Waals surface area (Å²) in [6.45, 7) is 5.18. The Hall–Kier alpha value is -2.90. The van der Waals surface area contributed by atoms with Crippen molar-refractivity contribution in [1.82, 2.24) is 20.2 Å². The summed E-state index contributed by atoms with van der Waals surface area (Å²) in [6.07, 6.45) is 1.24. The van der Waals surface area contributed by atoms with Crippen LogP contribution in [0.4, 0.5) is 5.69 Å². The Balaban J connectivity index is 2.11. The van der Waals surface area contributed by atoms with Crippen LogP contribution in [0.1, 0.15) is 27.5 Å². The Bertz CT molecular complexity index is 883. The first-order chi connectivity index (χ1) is 9.99. The number of carbonyl (C=O) groups excluding carboxylic acids is 1. The second kappa shape index (κ2) is 4.58. The molecule has 0 aromatic carbocycles. The summed E-state index contributed by atoms with van der Waals surface area (Å²) in [7, 11) is 0. The number of nitrogens with zero attached hydrogens (tertiary/aromatic N) is 2. The molecule has 0 unspecified atom stereocenters. The van der Waals surface area contributed by atoms with E-state index in [0.717, 1.165) is 5.69 Å². The largest absolute Gasteiger partial charge is 0.442 e. The highest BCUT2D eigenvalue weighted by molar-refractivity contribution is 6.12. The first kappa shape index (κ1) is 13.1. The zero-order valence-corrected chi connectivity index (χ0v) is 11.7. The Kier molecular flexibility index (Phi) is 2.86. The fourth-order valence-electron chi connectivity index (χ4n) is 2.24. The molecule has 21 heavy (non-hydrogen) atoms. The molecule has 0 aliphatic rings. The van der Waals surface area contributed by atoms with Gasteiger partial charge in [0.1, 0.15) is 11.1 Å². The van der Waals surface area contributed by atoms with Crippen LogP contribution in [0, 0.1) is 20.8 Å². The third-order valence-corrected chi connectivity index (χ3v) is 3.26. The third-order valence-electron chi connectivity index (χ3n) is 3.26. The number of fused-ring (bicyclic) bond motifs is 1. The molecule has 8 heteroatoms. The van der Waals surface area contributed by atoms with Crippen LogP contribution in [0.25, 0.3) is 11.1 Å². The molecule has 3 aromatic rings. The van der Waals surface area contributed by atoms with E-state index in [1.165, 1.54) is 6.33 Å². The molecular formula is C13H13N5O3. The van der Waals surface area contributed by atoms with Crippen molar-refractivity contribution in [3.63, 3.8) is 0 Å². The number of aromatic nitrogens is 4. The first-order valence-electron chi connectivity index (χ1n) is 6.28. The monoisotopic (exact) mass is 287 g/mol. The van der Waals surface area contributed by atoms with Crippen molar-refractivity contribution in [2.75, 3.05) is 5.32 Å². The van der Waals surface area contributed by atoms with Gasteiger partial charge in [-0.05, 0) is 20.8 Å². The van der Waals surface area contributed by atoms with E-state index in [0.29, 0.717) is 17.1 Å². The number of rotatable bonds is 2. The van der Waals surface area contributed by atoms with Gasteiger partial charge in [-0.25, -0.2) is 4.98 Å². The van der Waals surface area contributed by atoms with E-state index in [2.05, 4.69) is 25.5 Å². The first-order valence-corrected chi connectivity index (χ1v) is 6.28. The van der Waals surface area contributed by atoms with E-state index in [-0.39, 0.29) is 16.7 Å².